The fourth-order valence-corrected chi connectivity index (χ4v) is 4.60. The number of benzene rings is 1. The minimum atomic E-state index is 0.0688. The number of hydrogen-bond acceptors (Lipinski definition) is 7. The standard InChI is InChI=1S/C25H28N8O/c1-2-14-33-22(27-25(30-33)23(34)18-8-4-3-5-9-18)15-17-12-13-21(26-16-17)19-10-6-7-11-20(19)24-28-31-32-29-24/h6-7,10-13,16,18H,2-5,8-9,14-15H2,1H3,(H,28,29,31,32). The summed E-state index contributed by atoms with van der Waals surface area (Å²) >= 11 is 0. The molecule has 1 aromatic carbocycles. The zero-order valence-electron chi connectivity index (χ0n) is 19.3. The summed E-state index contributed by atoms with van der Waals surface area (Å²) in [6.45, 7) is 2.84. The Labute approximate surface area is 198 Å². The highest BCUT2D eigenvalue weighted by molar-refractivity contribution is 5.94. The summed E-state index contributed by atoms with van der Waals surface area (Å²) in [6, 6.07) is 11.9. The fraction of sp³-hybridized carbons (Fsp3) is 0.400. The van der Waals surface area contributed by atoms with Gasteiger partial charge < -0.3 is 0 Å². The first kappa shape index (κ1) is 22.1. The van der Waals surface area contributed by atoms with Gasteiger partial charge in [0, 0.05) is 36.2 Å². The van der Waals surface area contributed by atoms with E-state index in [1.165, 1.54) is 6.42 Å². The molecule has 1 N–H and O–H groups in total. The highest BCUT2D eigenvalue weighted by atomic mass is 16.1. The van der Waals surface area contributed by atoms with E-state index in [0.717, 1.165) is 66.9 Å². The number of pyridine rings is 1. The van der Waals surface area contributed by atoms with Gasteiger partial charge in [0.05, 0.1) is 5.69 Å². The van der Waals surface area contributed by atoms with E-state index in [0.29, 0.717) is 18.1 Å². The van der Waals surface area contributed by atoms with E-state index < -0.39 is 0 Å². The summed E-state index contributed by atoms with van der Waals surface area (Å²) in [5, 5.41) is 19.0. The van der Waals surface area contributed by atoms with Crippen LogP contribution in [0, 0.1) is 5.92 Å². The molecule has 34 heavy (non-hydrogen) atoms. The second kappa shape index (κ2) is 10.0. The maximum absolute atomic E-state index is 13.0. The van der Waals surface area contributed by atoms with E-state index in [4.69, 9.17) is 4.98 Å². The van der Waals surface area contributed by atoms with Crippen molar-refractivity contribution in [2.24, 2.45) is 5.92 Å². The molecule has 0 bridgehead atoms. The minimum Gasteiger partial charge on any atom is -0.290 e. The van der Waals surface area contributed by atoms with Gasteiger partial charge in [-0.1, -0.05) is 56.5 Å². The predicted molar refractivity (Wildman–Crippen MR) is 127 cm³/mol. The van der Waals surface area contributed by atoms with Gasteiger partial charge in [0.25, 0.3) is 0 Å². The Morgan fingerprint density at radius 2 is 1.91 bits per heavy atom. The second-order valence-corrected chi connectivity index (χ2v) is 8.78. The number of carbonyl (C=O) groups is 1. The van der Waals surface area contributed by atoms with Crippen LogP contribution in [0.2, 0.25) is 0 Å². The smallest absolute Gasteiger partial charge is 0.217 e. The average molecular weight is 457 g/mol. The number of nitrogens with one attached hydrogen (secondary N) is 1. The molecule has 0 radical (unpaired) electrons. The molecule has 3 heterocycles. The molecule has 1 aliphatic rings. The lowest BCUT2D eigenvalue weighted by Gasteiger charge is -2.18. The van der Waals surface area contributed by atoms with Gasteiger partial charge in [0.2, 0.25) is 17.4 Å². The monoisotopic (exact) mass is 456 g/mol. The zero-order valence-corrected chi connectivity index (χ0v) is 19.3. The summed E-state index contributed by atoms with van der Waals surface area (Å²) in [7, 11) is 0. The van der Waals surface area contributed by atoms with Crippen LogP contribution in [-0.2, 0) is 13.0 Å². The number of aromatic amines is 1. The fourth-order valence-electron chi connectivity index (χ4n) is 4.60. The Morgan fingerprint density at radius 3 is 2.62 bits per heavy atom. The van der Waals surface area contributed by atoms with Crippen LogP contribution in [0.1, 0.15) is 67.5 Å². The van der Waals surface area contributed by atoms with Crippen molar-refractivity contribution >= 4 is 5.78 Å². The number of tetrazole rings is 1. The number of ketones is 1. The maximum Gasteiger partial charge on any atom is 0.217 e. The van der Waals surface area contributed by atoms with Gasteiger partial charge in [-0.05, 0) is 36.1 Å². The van der Waals surface area contributed by atoms with Crippen LogP contribution in [0.3, 0.4) is 0 Å². The number of aromatic nitrogens is 8. The number of H-pyrrole nitrogens is 1. The second-order valence-electron chi connectivity index (χ2n) is 8.78. The van der Waals surface area contributed by atoms with Crippen LogP contribution in [0.4, 0.5) is 0 Å². The molecule has 0 aliphatic heterocycles. The Kier molecular flexibility index (Phi) is 6.51. The Morgan fingerprint density at radius 1 is 1.09 bits per heavy atom. The van der Waals surface area contributed by atoms with E-state index in [1.54, 1.807) is 0 Å². The lowest BCUT2D eigenvalue weighted by atomic mass is 9.86. The summed E-state index contributed by atoms with van der Waals surface area (Å²) in [5.41, 5.74) is 3.64. The first-order valence-corrected chi connectivity index (χ1v) is 12.0. The minimum absolute atomic E-state index is 0.0688. The van der Waals surface area contributed by atoms with E-state index >= 15 is 0 Å². The van der Waals surface area contributed by atoms with Crippen molar-refractivity contribution in [3.05, 3.63) is 59.8 Å². The van der Waals surface area contributed by atoms with Crippen LogP contribution in [-0.4, -0.2) is 46.2 Å². The van der Waals surface area contributed by atoms with Gasteiger partial charge in [-0.3, -0.25) is 9.78 Å². The van der Waals surface area contributed by atoms with Crippen molar-refractivity contribution < 1.29 is 4.79 Å². The van der Waals surface area contributed by atoms with Crippen molar-refractivity contribution in [1.82, 2.24) is 40.4 Å². The van der Waals surface area contributed by atoms with Gasteiger partial charge in [0.1, 0.15) is 5.82 Å². The molecule has 3 aromatic heterocycles. The largest absolute Gasteiger partial charge is 0.290 e. The SMILES string of the molecule is CCCn1nc(C(=O)C2CCCCC2)nc1Cc1ccc(-c2ccccc2-c2nn[nH]n2)nc1. The molecule has 174 valence electrons. The van der Waals surface area contributed by atoms with Crippen LogP contribution < -0.4 is 0 Å². The molecule has 9 nitrogen and oxygen atoms in total. The summed E-state index contributed by atoms with van der Waals surface area (Å²) < 4.78 is 1.88. The highest BCUT2D eigenvalue weighted by Gasteiger charge is 2.26. The topological polar surface area (TPSA) is 115 Å². The number of aryl methyl sites for hydroxylation is 1. The molecule has 0 saturated heterocycles. The molecule has 1 aliphatic carbocycles. The Balaban J connectivity index is 1.37. The third-order valence-corrected chi connectivity index (χ3v) is 6.36. The van der Waals surface area contributed by atoms with E-state index in [2.05, 4.69) is 37.6 Å². The van der Waals surface area contributed by atoms with Gasteiger partial charge in [-0.2, -0.15) is 5.21 Å². The van der Waals surface area contributed by atoms with Gasteiger partial charge in [-0.25, -0.2) is 9.67 Å². The van der Waals surface area contributed by atoms with E-state index in [-0.39, 0.29) is 11.7 Å². The summed E-state index contributed by atoms with van der Waals surface area (Å²) in [6.07, 6.45) is 8.72. The molecule has 0 atom stereocenters. The van der Waals surface area contributed by atoms with Crippen LogP contribution in [0.25, 0.3) is 22.6 Å². The highest BCUT2D eigenvalue weighted by Crippen LogP contribution is 2.29. The van der Waals surface area contributed by atoms with Crippen molar-refractivity contribution in [2.45, 2.75) is 58.4 Å². The Bertz CT molecular complexity index is 1240. The van der Waals surface area contributed by atoms with Crippen molar-refractivity contribution in [3.8, 4) is 22.6 Å². The van der Waals surface area contributed by atoms with Gasteiger partial charge in [-0.15, -0.1) is 15.3 Å². The number of nitrogens with zero attached hydrogens (tertiary/aromatic N) is 7. The molecule has 1 saturated carbocycles. The summed E-state index contributed by atoms with van der Waals surface area (Å²) in [5.74, 6) is 1.88. The molecular weight excluding hydrogens is 428 g/mol. The van der Waals surface area contributed by atoms with E-state index in [9.17, 15) is 4.79 Å². The first-order chi connectivity index (χ1) is 16.7. The molecule has 9 heteroatoms. The third-order valence-electron chi connectivity index (χ3n) is 6.36. The van der Waals surface area contributed by atoms with Crippen LogP contribution >= 0.6 is 0 Å². The predicted octanol–water partition coefficient (Wildman–Crippen LogP) is 4.28. The summed E-state index contributed by atoms with van der Waals surface area (Å²) in [4.78, 5) is 22.4. The quantitative estimate of drug-likeness (QED) is 0.393. The molecule has 5 rings (SSSR count). The molecule has 0 amide bonds. The average Bonchev–Trinajstić information content (AvgIpc) is 3.56. The van der Waals surface area contributed by atoms with Crippen molar-refractivity contribution in [2.75, 3.05) is 0 Å². The number of hydrogen-bond donors (Lipinski definition) is 1. The molecule has 0 unspecified atom stereocenters. The maximum atomic E-state index is 13.0. The molecule has 4 aromatic rings. The van der Waals surface area contributed by atoms with Crippen LogP contribution in [0.5, 0.6) is 0 Å². The lowest BCUT2D eigenvalue weighted by molar-refractivity contribution is 0.0878. The molecular formula is C25H28N8O. The molecule has 1 fully saturated rings. The zero-order chi connectivity index (χ0) is 23.3. The number of rotatable bonds is 8. The Hall–Kier alpha value is -3.75. The number of carbonyl (C=O) groups excluding carboxylic acids is 1. The van der Waals surface area contributed by atoms with Crippen LogP contribution in [0.15, 0.2) is 42.6 Å². The van der Waals surface area contributed by atoms with Crippen molar-refractivity contribution in [1.29, 1.82) is 0 Å². The first-order valence-electron chi connectivity index (χ1n) is 12.0. The normalized spacial score (nSPS) is 14.4. The van der Waals surface area contributed by atoms with Crippen molar-refractivity contribution in [3.63, 3.8) is 0 Å². The lowest BCUT2D eigenvalue weighted by Crippen LogP contribution is -2.19. The van der Waals surface area contributed by atoms with E-state index in [1.807, 2.05) is 47.3 Å². The third kappa shape index (κ3) is 4.64. The molecule has 0 spiro atoms. The van der Waals surface area contributed by atoms with Gasteiger partial charge >= 0.3 is 0 Å². The number of Topliss-reactive ketones (excluding diaryl/α,β-unsaturated/α-hetero) is 1. The van der Waals surface area contributed by atoms with Gasteiger partial charge in [0.15, 0.2) is 0 Å².